The smallest absolute Gasteiger partial charge is 0.220 e. The lowest BCUT2D eigenvalue weighted by Crippen LogP contribution is -2.60. The Hall–Kier alpha value is -3.41. The van der Waals surface area contributed by atoms with Gasteiger partial charge in [0, 0.05) is 6.42 Å². The van der Waals surface area contributed by atoms with Gasteiger partial charge in [-0.15, -0.1) is 0 Å². The molecule has 1 aliphatic rings. The highest BCUT2D eigenvalue weighted by atomic mass is 16.7. The third-order valence-electron chi connectivity index (χ3n) is 11.1. The van der Waals surface area contributed by atoms with E-state index in [-0.39, 0.29) is 12.5 Å². The van der Waals surface area contributed by atoms with E-state index in [9.17, 15) is 30.3 Å². The summed E-state index contributed by atoms with van der Waals surface area (Å²) in [6.07, 6.45) is 60.4. The van der Waals surface area contributed by atoms with Gasteiger partial charge < -0.3 is 40.3 Å². The summed E-state index contributed by atoms with van der Waals surface area (Å²) in [4.78, 5) is 12.8. The minimum atomic E-state index is -1.56. The lowest BCUT2D eigenvalue weighted by atomic mass is 9.99. The van der Waals surface area contributed by atoms with Crippen LogP contribution in [-0.2, 0) is 14.3 Å². The van der Waals surface area contributed by atoms with Crippen LogP contribution in [0.4, 0.5) is 0 Å². The summed E-state index contributed by atoms with van der Waals surface area (Å²) in [5, 5.41) is 53.6. The van der Waals surface area contributed by atoms with Crippen molar-refractivity contribution in [3.63, 3.8) is 0 Å². The van der Waals surface area contributed by atoms with E-state index in [1.807, 2.05) is 0 Å². The minimum absolute atomic E-state index is 0.154. The summed E-state index contributed by atoms with van der Waals surface area (Å²) in [7, 11) is 0. The Morgan fingerprint density at radius 1 is 0.538 bits per heavy atom. The van der Waals surface area contributed by atoms with Gasteiger partial charge in [0.15, 0.2) is 6.29 Å². The van der Waals surface area contributed by atoms with E-state index in [4.69, 9.17) is 9.47 Å². The number of amides is 1. The van der Waals surface area contributed by atoms with E-state index < -0.39 is 49.5 Å². The molecule has 1 amide bonds. The zero-order valence-electron chi connectivity index (χ0n) is 40.4. The second kappa shape index (κ2) is 44.4. The molecule has 0 radical (unpaired) electrons. The van der Waals surface area contributed by atoms with Crippen LogP contribution < -0.4 is 5.32 Å². The summed E-state index contributed by atoms with van der Waals surface area (Å²) in [6, 6.07) is -0.727. The SMILES string of the molecule is CC/C=C\C/C=C\C/C=C\C/C=C\C/C=C\C/C=C\C/C=C\C/C=C\C/C=C\C/C=C\CCCCCCCCCCC(=O)NC(COC1OC(CO)C(O)C(O)C1O)C(O)CCCCC. The van der Waals surface area contributed by atoms with Gasteiger partial charge in [0.25, 0.3) is 0 Å². The van der Waals surface area contributed by atoms with Crippen LogP contribution >= 0.6 is 0 Å². The van der Waals surface area contributed by atoms with E-state index in [0.717, 1.165) is 116 Å². The van der Waals surface area contributed by atoms with E-state index in [2.05, 4.69) is 141 Å². The maximum Gasteiger partial charge on any atom is 0.220 e. The Morgan fingerprint density at radius 3 is 1.38 bits per heavy atom. The summed E-state index contributed by atoms with van der Waals surface area (Å²) < 4.78 is 11.1. The lowest BCUT2D eigenvalue weighted by Gasteiger charge is -2.40. The number of ether oxygens (including phenoxy) is 2. The molecule has 65 heavy (non-hydrogen) atoms. The van der Waals surface area contributed by atoms with Gasteiger partial charge in [-0.2, -0.15) is 0 Å². The number of aliphatic hydroxyl groups excluding tert-OH is 5. The standard InChI is InChI=1S/C56H91NO8/c1-3-5-7-8-9-10-11-12-13-14-15-16-17-18-19-20-21-22-23-24-25-26-27-28-29-30-31-32-33-34-35-36-37-38-39-40-41-42-44-46-52(60)57-49(50(59)45-43-6-4-2)48-64-56-55(63)54(62)53(61)51(47-58)65-56/h5,7,9-10,12-13,15-16,18-19,21-22,24-25,27-28,30-31,33-34,49-51,53-56,58-59,61-63H,3-4,6,8,11,14,17,20,23,26,29,32,35-48H2,1-2H3,(H,57,60)/b7-5-,10-9-,13-12-,16-15-,19-18-,22-21-,25-24-,28-27-,31-30-,34-33-. The molecule has 1 heterocycles. The average molecular weight is 906 g/mol. The van der Waals surface area contributed by atoms with Crippen molar-refractivity contribution in [2.75, 3.05) is 13.2 Å². The number of carbonyl (C=O) groups is 1. The first-order chi connectivity index (χ1) is 31.8. The number of carbonyl (C=O) groups excluding carboxylic acids is 1. The molecule has 0 aromatic heterocycles. The monoisotopic (exact) mass is 906 g/mol. The Labute approximate surface area is 395 Å². The predicted molar refractivity (Wildman–Crippen MR) is 271 cm³/mol. The molecule has 9 nitrogen and oxygen atoms in total. The van der Waals surface area contributed by atoms with Crippen molar-refractivity contribution in [3.05, 3.63) is 122 Å². The largest absolute Gasteiger partial charge is 0.394 e. The highest BCUT2D eigenvalue weighted by molar-refractivity contribution is 5.76. The Bertz CT molecular complexity index is 1420. The first-order valence-electron chi connectivity index (χ1n) is 25.2. The zero-order valence-corrected chi connectivity index (χ0v) is 40.4. The number of nitrogens with one attached hydrogen (secondary N) is 1. The van der Waals surface area contributed by atoms with Crippen molar-refractivity contribution in [1.82, 2.24) is 5.32 Å². The van der Waals surface area contributed by atoms with Crippen LogP contribution in [0.15, 0.2) is 122 Å². The van der Waals surface area contributed by atoms with Crippen LogP contribution in [0.2, 0.25) is 0 Å². The van der Waals surface area contributed by atoms with Gasteiger partial charge in [0.1, 0.15) is 24.4 Å². The third-order valence-corrected chi connectivity index (χ3v) is 11.1. The van der Waals surface area contributed by atoms with E-state index >= 15 is 0 Å². The van der Waals surface area contributed by atoms with Crippen LogP contribution in [0.3, 0.4) is 0 Å². The van der Waals surface area contributed by atoms with Crippen LogP contribution in [0.5, 0.6) is 0 Å². The Morgan fingerprint density at radius 2 is 0.954 bits per heavy atom. The number of aliphatic hydroxyl groups is 5. The Kier molecular flexibility index (Phi) is 40.7. The fourth-order valence-corrected chi connectivity index (χ4v) is 7.07. The third kappa shape index (κ3) is 34.5. The fourth-order valence-electron chi connectivity index (χ4n) is 7.07. The van der Waals surface area contributed by atoms with Crippen LogP contribution in [0, 0.1) is 0 Å². The molecular formula is C56H91NO8. The minimum Gasteiger partial charge on any atom is -0.394 e. The van der Waals surface area contributed by atoms with Crippen molar-refractivity contribution >= 4 is 5.91 Å². The molecule has 7 atom stereocenters. The van der Waals surface area contributed by atoms with Crippen molar-refractivity contribution in [2.24, 2.45) is 0 Å². The molecule has 0 bridgehead atoms. The highest BCUT2D eigenvalue weighted by Gasteiger charge is 2.44. The van der Waals surface area contributed by atoms with Crippen molar-refractivity contribution in [2.45, 2.75) is 211 Å². The molecule has 368 valence electrons. The van der Waals surface area contributed by atoms with Crippen LogP contribution in [0.1, 0.15) is 168 Å². The number of hydrogen-bond acceptors (Lipinski definition) is 8. The molecule has 0 spiro atoms. The maximum atomic E-state index is 12.8. The fraction of sp³-hybridized carbons (Fsp3) is 0.625. The van der Waals surface area contributed by atoms with Gasteiger partial charge in [0.05, 0.1) is 25.4 Å². The highest BCUT2D eigenvalue weighted by Crippen LogP contribution is 2.23. The van der Waals surface area contributed by atoms with Gasteiger partial charge in [-0.3, -0.25) is 4.79 Å². The summed E-state index contributed by atoms with van der Waals surface area (Å²) in [5.41, 5.74) is 0. The molecule has 1 aliphatic heterocycles. The molecule has 1 saturated heterocycles. The molecule has 0 aliphatic carbocycles. The second-order valence-electron chi connectivity index (χ2n) is 16.9. The molecule has 0 saturated carbocycles. The normalized spacial score (nSPS) is 21.0. The number of hydrogen-bond donors (Lipinski definition) is 6. The average Bonchev–Trinajstić information content (AvgIpc) is 3.30. The quantitative estimate of drug-likeness (QED) is 0.0263. The topological polar surface area (TPSA) is 149 Å². The molecule has 9 heteroatoms. The van der Waals surface area contributed by atoms with Gasteiger partial charge in [0.2, 0.25) is 5.91 Å². The Balaban J connectivity index is 2.04. The van der Waals surface area contributed by atoms with Gasteiger partial charge in [-0.05, 0) is 89.9 Å². The molecule has 1 fully saturated rings. The van der Waals surface area contributed by atoms with Gasteiger partial charge >= 0.3 is 0 Å². The predicted octanol–water partition coefficient (Wildman–Crippen LogP) is 11.6. The first kappa shape index (κ1) is 59.6. The molecule has 7 unspecified atom stereocenters. The molecule has 1 rings (SSSR count). The summed E-state index contributed by atoms with van der Waals surface area (Å²) in [6.45, 7) is 3.52. The zero-order chi connectivity index (χ0) is 47.3. The number of rotatable bonds is 40. The van der Waals surface area contributed by atoms with Crippen molar-refractivity contribution in [1.29, 1.82) is 0 Å². The van der Waals surface area contributed by atoms with E-state index in [1.165, 1.54) is 25.7 Å². The van der Waals surface area contributed by atoms with Gasteiger partial charge in [-0.25, -0.2) is 0 Å². The number of allylic oxidation sites excluding steroid dienone is 20. The van der Waals surface area contributed by atoms with Crippen LogP contribution in [-0.4, -0.2) is 87.5 Å². The number of unbranched alkanes of at least 4 members (excludes halogenated alkanes) is 10. The molecule has 6 N–H and O–H groups in total. The first-order valence-corrected chi connectivity index (χ1v) is 25.2. The molecule has 0 aromatic rings. The maximum absolute atomic E-state index is 12.8. The lowest BCUT2D eigenvalue weighted by molar-refractivity contribution is -0.302. The summed E-state index contributed by atoms with van der Waals surface area (Å²) in [5.74, 6) is -0.172. The van der Waals surface area contributed by atoms with Crippen molar-refractivity contribution < 1.29 is 39.8 Å². The second-order valence-corrected chi connectivity index (χ2v) is 16.9. The van der Waals surface area contributed by atoms with Crippen LogP contribution in [0.25, 0.3) is 0 Å². The van der Waals surface area contributed by atoms with Crippen molar-refractivity contribution in [3.8, 4) is 0 Å². The van der Waals surface area contributed by atoms with Gasteiger partial charge in [-0.1, -0.05) is 193 Å². The van der Waals surface area contributed by atoms with E-state index in [0.29, 0.717) is 12.8 Å². The molecule has 0 aromatic carbocycles. The van der Waals surface area contributed by atoms with E-state index in [1.54, 1.807) is 0 Å². The summed E-state index contributed by atoms with van der Waals surface area (Å²) >= 11 is 0. The molecular weight excluding hydrogens is 815 g/mol.